The summed E-state index contributed by atoms with van der Waals surface area (Å²) in [6, 6.07) is 27.2. The summed E-state index contributed by atoms with van der Waals surface area (Å²) in [4.78, 5) is 57.3. The molecule has 1 N–H and O–H groups in total. The second kappa shape index (κ2) is 9.91. The number of benzene rings is 4. The van der Waals surface area contributed by atoms with E-state index in [0.29, 0.717) is 28.1 Å². The maximum Gasteiger partial charge on any atom is 0.308 e. The zero-order valence-corrected chi connectivity index (χ0v) is 23.6. The molecule has 0 aliphatic carbocycles. The number of esters is 1. The van der Waals surface area contributed by atoms with Crippen LogP contribution in [0.1, 0.15) is 55.9 Å². The van der Waals surface area contributed by atoms with Gasteiger partial charge in [0.15, 0.2) is 11.6 Å². The average molecular weight is 569 g/mol. The number of para-hydroxylation sites is 1. The lowest BCUT2D eigenvalue weighted by Crippen LogP contribution is -2.49. The van der Waals surface area contributed by atoms with Gasteiger partial charge < -0.3 is 15.0 Å². The van der Waals surface area contributed by atoms with Crippen LogP contribution in [0.15, 0.2) is 103 Å². The van der Waals surface area contributed by atoms with Crippen molar-refractivity contribution in [2.24, 2.45) is 5.92 Å². The van der Waals surface area contributed by atoms with E-state index in [1.807, 2.05) is 84.8 Å². The minimum atomic E-state index is -1.39. The normalized spacial score (nSPS) is 22.9. The van der Waals surface area contributed by atoms with E-state index in [-0.39, 0.29) is 17.5 Å². The number of fused-ring (bicyclic) bond motifs is 6. The highest BCUT2D eigenvalue weighted by Gasteiger charge is 2.70. The fraction of sp³-hybridized carbons (Fsp3) is 0.167. The molecule has 212 valence electrons. The Bertz CT molecular complexity index is 1840. The first-order chi connectivity index (χ1) is 20.8. The van der Waals surface area contributed by atoms with Gasteiger partial charge in [0.2, 0.25) is 5.91 Å². The molecule has 7 rings (SSSR count). The van der Waals surface area contributed by atoms with Crippen molar-refractivity contribution in [2.45, 2.75) is 31.3 Å². The summed E-state index contributed by atoms with van der Waals surface area (Å²) in [5.74, 6) is -2.09. The smallest absolute Gasteiger partial charge is 0.308 e. The number of nitrogens with zero attached hydrogens (tertiary/aromatic N) is 1. The van der Waals surface area contributed by atoms with E-state index in [9.17, 15) is 19.2 Å². The largest absolute Gasteiger partial charge is 0.427 e. The van der Waals surface area contributed by atoms with Crippen LogP contribution in [0.2, 0.25) is 0 Å². The molecule has 43 heavy (non-hydrogen) atoms. The van der Waals surface area contributed by atoms with E-state index in [1.165, 1.54) is 6.92 Å². The minimum Gasteiger partial charge on any atom is -0.427 e. The van der Waals surface area contributed by atoms with Crippen molar-refractivity contribution in [3.63, 3.8) is 0 Å². The van der Waals surface area contributed by atoms with Crippen molar-refractivity contribution in [1.29, 1.82) is 0 Å². The molecule has 3 aliphatic heterocycles. The summed E-state index contributed by atoms with van der Waals surface area (Å²) in [5.41, 5.74) is 3.53. The van der Waals surface area contributed by atoms with Crippen molar-refractivity contribution in [3.8, 4) is 5.75 Å². The number of hydrogen-bond donors (Lipinski definition) is 1. The maximum absolute atomic E-state index is 14.8. The second-order valence-corrected chi connectivity index (χ2v) is 11.3. The number of ketones is 2. The third-order valence-electron chi connectivity index (χ3n) is 8.86. The summed E-state index contributed by atoms with van der Waals surface area (Å²) >= 11 is 0. The SMILES string of the molecule is CC(=O)Oc1ccc(C(=O)[C@@H]2[C@H](C(=O)c3ccc(C)cc3)[C@]3(C(=O)Nc4ccccc43)[C@H]3c4ccccc4C=CN23)cc1. The van der Waals surface area contributed by atoms with Crippen molar-refractivity contribution in [1.82, 2.24) is 4.90 Å². The van der Waals surface area contributed by atoms with Gasteiger partial charge in [-0.25, -0.2) is 0 Å². The van der Waals surface area contributed by atoms with Gasteiger partial charge in [-0.05, 0) is 60.0 Å². The number of carbonyl (C=O) groups is 4. The summed E-state index contributed by atoms with van der Waals surface area (Å²) in [7, 11) is 0. The van der Waals surface area contributed by atoms with Gasteiger partial charge in [-0.3, -0.25) is 19.2 Å². The van der Waals surface area contributed by atoms with Gasteiger partial charge in [-0.15, -0.1) is 0 Å². The molecule has 0 radical (unpaired) electrons. The summed E-state index contributed by atoms with van der Waals surface area (Å²) in [6.45, 7) is 3.25. The number of amides is 1. The maximum atomic E-state index is 14.8. The quantitative estimate of drug-likeness (QED) is 0.183. The molecule has 7 heteroatoms. The third kappa shape index (κ3) is 3.96. The number of nitrogens with one attached hydrogen (secondary N) is 1. The van der Waals surface area contributed by atoms with Crippen LogP contribution in [-0.4, -0.2) is 34.4 Å². The Labute approximate surface area is 248 Å². The van der Waals surface area contributed by atoms with E-state index in [2.05, 4.69) is 5.32 Å². The molecule has 1 spiro atoms. The van der Waals surface area contributed by atoms with Crippen LogP contribution in [-0.2, 0) is 15.0 Å². The Morgan fingerprint density at radius 1 is 0.814 bits per heavy atom. The Kier molecular flexibility index (Phi) is 6.13. The molecular weight excluding hydrogens is 540 g/mol. The van der Waals surface area contributed by atoms with Crippen LogP contribution in [0, 0.1) is 12.8 Å². The lowest BCUT2D eigenvalue weighted by atomic mass is 9.62. The molecule has 3 heterocycles. The van der Waals surface area contributed by atoms with Crippen LogP contribution in [0.5, 0.6) is 5.75 Å². The monoisotopic (exact) mass is 568 g/mol. The number of rotatable bonds is 5. The molecule has 1 amide bonds. The molecule has 1 fully saturated rings. The Morgan fingerprint density at radius 3 is 2.21 bits per heavy atom. The molecular formula is C36H28N2O5. The Hall–Kier alpha value is -5.30. The Balaban J connectivity index is 1.48. The first-order valence-electron chi connectivity index (χ1n) is 14.2. The minimum absolute atomic E-state index is 0.276. The van der Waals surface area contributed by atoms with Crippen LogP contribution in [0.25, 0.3) is 6.08 Å². The zero-order chi connectivity index (χ0) is 29.9. The lowest BCUT2D eigenvalue weighted by molar-refractivity contribution is -0.131. The standard InChI is InChI=1S/C36H28N2O5/c1-21-11-13-24(14-12-21)32(40)30-31(33(41)25-15-17-26(18-16-25)43-22(2)39)38-20-19-23-7-3-4-8-27(23)34(38)36(30)28-9-5-6-10-29(28)37-35(36)42/h3-20,30-31,34H,1-2H3,(H,37,42)/t30-,31+,34-,36+/m1/s1. The van der Waals surface area contributed by atoms with Crippen molar-refractivity contribution in [3.05, 3.63) is 137 Å². The van der Waals surface area contributed by atoms with Crippen molar-refractivity contribution < 1.29 is 23.9 Å². The van der Waals surface area contributed by atoms with Crippen LogP contribution in [0.3, 0.4) is 0 Å². The predicted octanol–water partition coefficient (Wildman–Crippen LogP) is 5.90. The van der Waals surface area contributed by atoms with Gasteiger partial charge in [0.1, 0.15) is 17.2 Å². The fourth-order valence-corrected chi connectivity index (χ4v) is 7.09. The molecule has 3 aliphatic rings. The highest BCUT2D eigenvalue weighted by molar-refractivity contribution is 6.16. The third-order valence-corrected chi connectivity index (χ3v) is 8.86. The first-order valence-corrected chi connectivity index (χ1v) is 14.2. The van der Waals surface area contributed by atoms with Crippen LogP contribution < -0.4 is 10.1 Å². The van der Waals surface area contributed by atoms with Crippen molar-refractivity contribution >= 4 is 35.2 Å². The van der Waals surface area contributed by atoms with E-state index < -0.39 is 29.4 Å². The topological polar surface area (TPSA) is 92.8 Å². The number of hydrogen-bond acceptors (Lipinski definition) is 6. The molecule has 4 atom stereocenters. The molecule has 1 saturated heterocycles. The van der Waals surface area contributed by atoms with Gasteiger partial charge in [-0.2, -0.15) is 0 Å². The van der Waals surface area contributed by atoms with Crippen LogP contribution >= 0.6 is 0 Å². The predicted molar refractivity (Wildman–Crippen MR) is 162 cm³/mol. The van der Waals surface area contributed by atoms with Gasteiger partial charge in [0, 0.05) is 29.9 Å². The summed E-state index contributed by atoms with van der Waals surface area (Å²) < 4.78 is 5.18. The zero-order valence-electron chi connectivity index (χ0n) is 23.6. The summed E-state index contributed by atoms with van der Waals surface area (Å²) in [5, 5.41) is 3.06. The van der Waals surface area contributed by atoms with Gasteiger partial charge in [0.05, 0.1) is 12.0 Å². The van der Waals surface area contributed by atoms with E-state index in [1.54, 1.807) is 36.4 Å². The highest BCUT2D eigenvalue weighted by Crippen LogP contribution is 2.62. The Morgan fingerprint density at radius 2 is 1.47 bits per heavy atom. The van der Waals surface area contributed by atoms with E-state index >= 15 is 0 Å². The molecule has 7 nitrogen and oxygen atoms in total. The number of carbonyl (C=O) groups excluding carboxylic acids is 4. The molecule has 0 bridgehead atoms. The van der Waals surface area contributed by atoms with Gasteiger partial charge in [0.25, 0.3) is 0 Å². The second-order valence-electron chi connectivity index (χ2n) is 11.3. The van der Waals surface area contributed by atoms with E-state index in [0.717, 1.165) is 16.7 Å². The van der Waals surface area contributed by atoms with Gasteiger partial charge >= 0.3 is 5.97 Å². The van der Waals surface area contributed by atoms with Gasteiger partial charge in [-0.1, -0.05) is 72.3 Å². The molecule has 0 saturated carbocycles. The molecule has 0 aromatic heterocycles. The number of aryl methyl sites for hydroxylation is 1. The lowest BCUT2D eigenvalue weighted by Gasteiger charge is -2.38. The molecule has 4 aromatic rings. The fourth-order valence-electron chi connectivity index (χ4n) is 7.09. The first kappa shape index (κ1) is 26.6. The highest BCUT2D eigenvalue weighted by atomic mass is 16.5. The number of Topliss-reactive ketones (excluding diaryl/α,β-unsaturated/α-hetero) is 2. The van der Waals surface area contributed by atoms with Crippen molar-refractivity contribution in [2.75, 3.05) is 5.32 Å². The summed E-state index contributed by atoms with van der Waals surface area (Å²) in [6.07, 6.45) is 3.78. The number of ether oxygens (including phenoxy) is 1. The van der Waals surface area contributed by atoms with E-state index in [4.69, 9.17) is 4.74 Å². The van der Waals surface area contributed by atoms with Crippen LogP contribution in [0.4, 0.5) is 5.69 Å². The average Bonchev–Trinajstić information content (AvgIpc) is 3.49. The molecule has 4 aromatic carbocycles. The molecule has 0 unspecified atom stereocenters. The number of anilines is 1.